The van der Waals surface area contributed by atoms with E-state index in [-0.39, 0.29) is 18.1 Å². The molecule has 0 unspecified atom stereocenters. The maximum absolute atomic E-state index is 11.7. The summed E-state index contributed by atoms with van der Waals surface area (Å²) >= 11 is 1.19. The van der Waals surface area contributed by atoms with E-state index >= 15 is 0 Å². The Balaban J connectivity index is 2.45. The number of ketones is 1. The quantitative estimate of drug-likeness (QED) is 0.680. The van der Waals surface area contributed by atoms with Crippen LogP contribution in [0.4, 0.5) is 0 Å². The van der Waals surface area contributed by atoms with Crippen LogP contribution in [0.3, 0.4) is 0 Å². The molecule has 1 N–H and O–H groups in total. The van der Waals surface area contributed by atoms with Crippen molar-refractivity contribution in [1.29, 1.82) is 0 Å². The van der Waals surface area contributed by atoms with Gasteiger partial charge in [0.05, 0.1) is 12.3 Å². The highest BCUT2D eigenvalue weighted by Crippen LogP contribution is 2.27. The van der Waals surface area contributed by atoms with E-state index in [0.717, 1.165) is 5.69 Å². The monoisotopic (exact) mass is 264 g/mol. The van der Waals surface area contributed by atoms with Crippen LogP contribution in [-0.2, 0) is 4.74 Å². The predicted molar refractivity (Wildman–Crippen MR) is 67.9 cm³/mol. The van der Waals surface area contributed by atoms with Gasteiger partial charge in [-0.25, -0.2) is 9.78 Å². The van der Waals surface area contributed by atoms with Gasteiger partial charge in [0.25, 0.3) is 0 Å². The predicted octanol–water partition coefficient (Wildman–Crippen LogP) is 2.52. The molecule has 0 saturated carbocycles. The van der Waals surface area contributed by atoms with Gasteiger partial charge in [0, 0.05) is 13.1 Å². The molecule has 0 amide bonds. The fraction of sp³-hybridized carbons (Fsp3) is 0.250. The van der Waals surface area contributed by atoms with Gasteiger partial charge in [-0.3, -0.25) is 4.79 Å². The molecule has 0 aliphatic carbocycles. The number of hydrogen-bond donors (Lipinski definition) is 1. The van der Waals surface area contributed by atoms with E-state index in [1.807, 2.05) is 12.1 Å². The zero-order chi connectivity index (χ0) is 13.1. The normalized spacial score (nSPS) is 10.3. The van der Waals surface area contributed by atoms with Crippen molar-refractivity contribution in [2.75, 3.05) is 6.61 Å². The number of aromatic amines is 1. The van der Waals surface area contributed by atoms with Crippen LogP contribution in [0.5, 0.6) is 0 Å². The first-order chi connectivity index (χ1) is 8.63. The van der Waals surface area contributed by atoms with Gasteiger partial charge in [-0.2, -0.15) is 0 Å². The van der Waals surface area contributed by atoms with Crippen molar-refractivity contribution in [3.8, 4) is 10.7 Å². The molecule has 0 aliphatic heterocycles. The molecule has 0 aliphatic rings. The molecule has 0 saturated heterocycles. The SMILES string of the molecule is CCOC(=O)c1nc(-c2ccc[nH]2)sc1C(C)=O. The van der Waals surface area contributed by atoms with E-state index in [2.05, 4.69) is 9.97 Å². The van der Waals surface area contributed by atoms with Crippen LogP contribution >= 0.6 is 11.3 Å². The number of Topliss-reactive ketones (excluding diaryl/α,β-unsaturated/α-hetero) is 1. The first kappa shape index (κ1) is 12.5. The summed E-state index contributed by atoms with van der Waals surface area (Å²) in [4.78, 5) is 30.7. The second-order valence-electron chi connectivity index (χ2n) is 3.56. The third-order valence-electron chi connectivity index (χ3n) is 2.24. The van der Waals surface area contributed by atoms with Crippen molar-refractivity contribution in [3.05, 3.63) is 28.9 Å². The molecule has 18 heavy (non-hydrogen) atoms. The second-order valence-corrected chi connectivity index (χ2v) is 4.56. The number of ether oxygens (including phenoxy) is 1. The molecule has 2 aromatic rings. The van der Waals surface area contributed by atoms with Gasteiger partial charge in [0.1, 0.15) is 9.88 Å². The molecular weight excluding hydrogens is 252 g/mol. The molecule has 2 aromatic heterocycles. The Morgan fingerprint density at radius 1 is 1.50 bits per heavy atom. The number of carbonyl (C=O) groups excluding carboxylic acids is 2. The summed E-state index contributed by atoms with van der Waals surface area (Å²) in [6.07, 6.45) is 1.76. The lowest BCUT2D eigenvalue weighted by molar-refractivity contribution is 0.0517. The molecule has 2 rings (SSSR count). The van der Waals surface area contributed by atoms with Gasteiger partial charge in [-0.1, -0.05) is 0 Å². The van der Waals surface area contributed by atoms with E-state index in [4.69, 9.17) is 4.74 Å². The number of carbonyl (C=O) groups is 2. The molecule has 0 bridgehead atoms. The summed E-state index contributed by atoms with van der Waals surface area (Å²) in [6.45, 7) is 3.38. The number of nitrogens with one attached hydrogen (secondary N) is 1. The Morgan fingerprint density at radius 3 is 2.83 bits per heavy atom. The van der Waals surface area contributed by atoms with Crippen LogP contribution < -0.4 is 0 Å². The number of esters is 1. The Hall–Kier alpha value is -1.95. The molecule has 2 heterocycles. The van der Waals surface area contributed by atoms with Gasteiger partial charge in [0.15, 0.2) is 11.5 Å². The molecule has 0 spiro atoms. The van der Waals surface area contributed by atoms with Gasteiger partial charge in [-0.15, -0.1) is 11.3 Å². The fourth-order valence-electron chi connectivity index (χ4n) is 1.48. The molecule has 0 aromatic carbocycles. The fourth-order valence-corrected chi connectivity index (χ4v) is 2.41. The number of H-pyrrole nitrogens is 1. The molecule has 94 valence electrons. The maximum Gasteiger partial charge on any atom is 0.358 e. The third kappa shape index (κ3) is 2.33. The molecule has 0 atom stereocenters. The van der Waals surface area contributed by atoms with E-state index < -0.39 is 5.97 Å². The number of thiazole rings is 1. The zero-order valence-corrected chi connectivity index (χ0v) is 10.8. The van der Waals surface area contributed by atoms with Crippen LogP contribution in [0.2, 0.25) is 0 Å². The minimum atomic E-state index is -0.559. The van der Waals surface area contributed by atoms with Crippen molar-refractivity contribution in [2.24, 2.45) is 0 Å². The lowest BCUT2D eigenvalue weighted by atomic mass is 10.3. The van der Waals surface area contributed by atoms with Crippen molar-refractivity contribution in [1.82, 2.24) is 9.97 Å². The van der Waals surface area contributed by atoms with Crippen molar-refractivity contribution < 1.29 is 14.3 Å². The highest BCUT2D eigenvalue weighted by molar-refractivity contribution is 7.17. The number of nitrogens with zero attached hydrogens (tertiary/aromatic N) is 1. The Labute approximate surface area is 108 Å². The minimum Gasteiger partial charge on any atom is -0.461 e. The summed E-state index contributed by atoms with van der Waals surface area (Å²) < 4.78 is 4.89. The Bertz CT molecular complexity index is 572. The van der Waals surface area contributed by atoms with E-state index in [9.17, 15) is 9.59 Å². The smallest absolute Gasteiger partial charge is 0.358 e. The second kappa shape index (κ2) is 5.14. The molecular formula is C12H12N2O3S. The topological polar surface area (TPSA) is 72.0 Å². The Kier molecular flexibility index (Phi) is 3.57. The average molecular weight is 264 g/mol. The molecule has 0 fully saturated rings. The minimum absolute atomic E-state index is 0.0962. The van der Waals surface area contributed by atoms with E-state index in [1.165, 1.54) is 18.3 Å². The molecule has 5 nitrogen and oxygen atoms in total. The van der Waals surface area contributed by atoms with Crippen LogP contribution in [0.1, 0.15) is 34.0 Å². The highest BCUT2D eigenvalue weighted by atomic mass is 32.1. The third-order valence-corrected chi connectivity index (χ3v) is 3.43. The first-order valence-electron chi connectivity index (χ1n) is 5.46. The number of aromatic nitrogens is 2. The summed E-state index contributed by atoms with van der Waals surface area (Å²) in [5.74, 6) is -0.745. The summed E-state index contributed by atoms with van der Waals surface area (Å²) in [7, 11) is 0. The van der Waals surface area contributed by atoms with Crippen molar-refractivity contribution >= 4 is 23.1 Å². The summed E-state index contributed by atoms with van der Waals surface area (Å²) in [5, 5.41) is 0.605. The highest BCUT2D eigenvalue weighted by Gasteiger charge is 2.22. The number of hydrogen-bond acceptors (Lipinski definition) is 5. The van der Waals surface area contributed by atoms with Crippen LogP contribution in [0.15, 0.2) is 18.3 Å². The first-order valence-corrected chi connectivity index (χ1v) is 6.27. The zero-order valence-electron chi connectivity index (χ0n) is 10.0. The van der Waals surface area contributed by atoms with Crippen molar-refractivity contribution in [2.45, 2.75) is 13.8 Å². The summed E-state index contributed by atoms with van der Waals surface area (Å²) in [5.41, 5.74) is 0.872. The summed E-state index contributed by atoms with van der Waals surface area (Å²) in [6, 6.07) is 3.66. The molecule has 0 radical (unpaired) electrons. The van der Waals surface area contributed by atoms with Gasteiger partial charge in [0.2, 0.25) is 0 Å². The average Bonchev–Trinajstić information content (AvgIpc) is 2.98. The van der Waals surface area contributed by atoms with Crippen LogP contribution in [-0.4, -0.2) is 28.3 Å². The van der Waals surface area contributed by atoms with Crippen LogP contribution in [0.25, 0.3) is 10.7 Å². The van der Waals surface area contributed by atoms with Crippen molar-refractivity contribution in [3.63, 3.8) is 0 Å². The van der Waals surface area contributed by atoms with E-state index in [1.54, 1.807) is 13.1 Å². The lowest BCUT2D eigenvalue weighted by Crippen LogP contribution is -2.09. The largest absolute Gasteiger partial charge is 0.461 e. The van der Waals surface area contributed by atoms with E-state index in [0.29, 0.717) is 9.88 Å². The van der Waals surface area contributed by atoms with Crippen LogP contribution in [0, 0.1) is 0 Å². The Morgan fingerprint density at radius 2 is 2.28 bits per heavy atom. The standard InChI is InChI=1S/C12H12N2O3S/c1-3-17-12(16)9-10(7(2)15)18-11(14-9)8-5-4-6-13-8/h4-6,13H,3H2,1-2H3. The van der Waals surface area contributed by atoms with Gasteiger partial charge >= 0.3 is 5.97 Å². The van der Waals surface area contributed by atoms with Gasteiger partial charge in [-0.05, 0) is 19.1 Å². The maximum atomic E-state index is 11.7. The molecule has 6 heteroatoms. The van der Waals surface area contributed by atoms with Gasteiger partial charge < -0.3 is 9.72 Å². The number of rotatable bonds is 4. The lowest BCUT2D eigenvalue weighted by Gasteiger charge is -1.98.